The van der Waals surface area contributed by atoms with Gasteiger partial charge < -0.3 is 4.42 Å². The van der Waals surface area contributed by atoms with Crippen LogP contribution in [0.25, 0.3) is 17.4 Å². The van der Waals surface area contributed by atoms with Crippen molar-refractivity contribution in [2.45, 2.75) is 0 Å². The predicted octanol–water partition coefficient (Wildman–Crippen LogP) is 2.18. The number of barbiturate groups is 1. The molecule has 1 saturated heterocycles. The Morgan fingerprint density at radius 3 is 2.48 bits per heavy atom. The van der Waals surface area contributed by atoms with Crippen molar-refractivity contribution < 1.29 is 23.2 Å². The average Bonchev–Trinajstić information content (AvgIpc) is 2.99. The van der Waals surface area contributed by atoms with Crippen molar-refractivity contribution in [2.24, 2.45) is 0 Å². The lowest BCUT2D eigenvalue weighted by atomic mass is 10.1. The zero-order chi connectivity index (χ0) is 16.6. The van der Waals surface area contributed by atoms with Crippen LogP contribution in [0.1, 0.15) is 5.76 Å². The summed E-state index contributed by atoms with van der Waals surface area (Å²) in [6, 6.07) is 8.14. The molecule has 6 nitrogen and oxygen atoms in total. The predicted molar refractivity (Wildman–Crippen MR) is 78.4 cm³/mol. The highest BCUT2D eigenvalue weighted by Crippen LogP contribution is 2.24. The third-order valence-corrected chi connectivity index (χ3v) is 3.35. The van der Waals surface area contributed by atoms with E-state index < -0.39 is 17.8 Å². The molecule has 23 heavy (non-hydrogen) atoms. The van der Waals surface area contributed by atoms with Crippen LogP contribution in [0, 0.1) is 5.82 Å². The Morgan fingerprint density at radius 1 is 1.09 bits per heavy atom. The summed E-state index contributed by atoms with van der Waals surface area (Å²) in [5, 5.41) is 2.05. The van der Waals surface area contributed by atoms with Crippen molar-refractivity contribution in [2.75, 3.05) is 7.05 Å². The largest absolute Gasteiger partial charge is 0.457 e. The van der Waals surface area contributed by atoms with Crippen LogP contribution in [0.5, 0.6) is 0 Å². The fourth-order valence-corrected chi connectivity index (χ4v) is 2.09. The summed E-state index contributed by atoms with van der Waals surface area (Å²) in [5.74, 6) is -1.12. The minimum absolute atomic E-state index is 0.202. The average molecular weight is 314 g/mol. The number of amides is 4. The Kier molecular flexibility index (Phi) is 3.53. The maximum absolute atomic E-state index is 12.9. The van der Waals surface area contributed by atoms with Crippen LogP contribution in [0.15, 0.2) is 46.4 Å². The summed E-state index contributed by atoms with van der Waals surface area (Å²) in [6.07, 6.45) is 1.26. The van der Waals surface area contributed by atoms with Crippen LogP contribution in [0.4, 0.5) is 9.18 Å². The quantitative estimate of drug-likeness (QED) is 0.680. The summed E-state index contributed by atoms with van der Waals surface area (Å²) in [6.45, 7) is 0. The van der Waals surface area contributed by atoms with Gasteiger partial charge >= 0.3 is 6.03 Å². The smallest absolute Gasteiger partial charge is 0.331 e. The second kappa shape index (κ2) is 5.53. The first-order valence-corrected chi connectivity index (χ1v) is 6.66. The number of benzene rings is 1. The highest BCUT2D eigenvalue weighted by molar-refractivity contribution is 6.30. The van der Waals surface area contributed by atoms with Crippen LogP contribution in [-0.4, -0.2) is 29.8 Å². The van der Waals surface area contributed by atoms with Gasteiger partial charge in [-0.15, -0.1) is 0 Å². The Morgan fingerprint density at radius 2 is 1.78 bits per heavy atom. The van der Waals surface area contributed by atoms with Gasteiger partial charge in [-0.05, 0) is 42.5 Å². The van der Waals surface area contributed by atoms with E-state index in [2.05, 4.69) is 5.32 Å². The lowest BCUT2D eigenvalue weighted by molar-refractivity contribution is -0.129. The van der Waals surface area contributed by atoms with Gasteiger partial charge in [0, 0.05) is 12.6 Å². The first-order chi connectivity index (χ1) is 11.0. The zero-order valence-corrected chi connectivity index (χ0v) is 12.0. The van der Waals surface area contributed by atoms with Gasteiger partial charge in [-0.1, -0.05) is 0 Å². The molecule has 1 aromatic heterocycles. The summed E-state index contributed by atoms with van der Waals surface area (Å²) >= 11 is 0. The van der Waals surface area contributed by atoms with Crippen molar-refractivity contribution in [3.8, 4) is 11.3 Å². The summed E-state index contributed by atoms with van der Waals surface area (Å²) in [7, 11) is 1.27. The molecule has 0 aliphatic carbocycles. The van der Waals surface area contributed by atoms with Gasteiger partial charge in [0.25, 0.3) is 11.8 Å². The molecule has 2 aromatic rings. The van der Waals surface area contributed by atoms with Gasteiger partial charge in [-0.2, -0.15) is 0 Å². The minimum atomic E-state index is -0.780. The summed E-state index contributed by atoms with van der Waals surface area (Å²) in [5.41, 5.74) is 0.454. The number of rotatable bonds is 2. The van der Waals surface area contributed by atoms with Crippen LogP contribution in [0.3, 0.4) is 0 Å². The van der Waals surface area contributed by atoms with Crippen LogP contribution >= 0.6 is 0 Å². The molecule has 0 bridgehead atoms. The first-order valence-electron chi connectivity index (χ1n) is 6.66. The van der Waals surface area contributed by atoms with Crippen molar-refractivity contribution in [1.82, 2.24) is 10.2 Å². The molecule has 1 aromatic carbocycles. The molecule has 0 unspecified atom stereocenters. The molecule has 1 aliphatic heterocycles. The molecule has 0 spiro atoms. The van der Waals surface area contributed by atoms with E-state index in [-0.39, 0.29) is 17.2 Å². The fourth-order valence-electron chi connectivity index (χ4n) is 2.09. The molecule has 2 heterocycles. The Labute approximate surface area is 130 Å². The van der Waals surface area contributed by atoms with E-state index in [0.29, 0.717) is 11.3 Å². The molecule has 7 heteroatoms. The SMILES string of the molecule is CN1C(=O)NC(=O)/C(=C\c2ccc(-c3ccc(F)cc3)o2)C1=O. The minimum Gasteiger partial charge on any atom is -0.457 e. The molecule has 0 atom stereocenters. The third kappa shape index (κ3) is 2.76. The molecule has 0 saturated carbocycles. The Bertz CT molecular complexity index is 836. The summed E-state index contributed by atoms with van der Waals surface area (Å²) < 4.78 is 18.5. The van der Waals surface area contributed by atoms with Crippen LogP contribution in [0.2, 0.25) is 0 Å². The molecular formula is C16H11FN2O4. The Balaban J connectivity index is 1.91. The molecular weight excluding hydrogens is 303 g/mol. The second-order valence-corrected chi connectivity index (χ2v) is 4.89. The number of carbonyl (C=O) groups excluding carboxylic acids is 3. The Hall–Kier alpha value is -3.22. The molecule has 3 rings (SSSR count). The zero-order valence-electron chi connectivity index (χ0n) is 12.0. The van der Waals surface area contributed by atoms with Crippen LogP contribution < -0.4 is 5.32 Å². The molecule has 116 valence electrons. The van der Waals surface area contributed by atoms with E-state index in [1.807, 2.05) is 0 Å². The molecule has 0 radical (unpaired) electrons. The molecule has 1 aliphatic rings. The number of hydrogen-bond acceptors (Lipinski definition) is 4. The number of urea groups is 1. The van der Waals surface area contributed by atoms with Crippen molar-refractivity contribution >= 4 is 23.9 Å². The number of likely N-dealkylation sites (N-methyl/N-ethyl adjacent to an activating group) is 1. The third-order valence-electron chi connectivity index (χ3n) is 3.35. The number of nitrogens with zero attached hydrogens (tertiary/aromatic N) is 1. The van der Waals surface area contributed by atoms with E-state index in [1.54, 1.807) is 24.3 Å². The van der Waals surface area contributed by atoms with Crippen molar-refractivity contribution in [1.29, 1.82) is 0 Å². The first kappa shape index (κ1) is 14.7. The number of halogens is 1. The van der Waals surface area contributed by atoms with Crippen molar-refractivity contribution in [3.63, 3.8) is 0 Å². The topological polar surface area (TPSA) is 79.6 Å². The monoisotopic (exact) mass is 314 g/mol. The van der Waals surface area contributed by atoms with E-state index in [4.69, 9.17) is 4.42 Å². The van der Waals surface area contributed by atoms with Gasteiger partial charge in [0.2, 0.25) is 0 Å². The number of furan rings is 1. The van der Waals surface area contributed by atoms with E-state index in [9.17, 15) is 18.8 Å². The van der Waals surface area contributed by atoms with E-state index in [1.165, 1.54) is 25.3 Å². The number of hydrogen-bond donors (Lipinski definition) is 1. The van der Waals surface area contributed by atoms with Gasteiger partial charge in [0.1, 0.15) is 22.9 Å². The van der Waals surface area contributed by atoms with Crippen LogP contribution in [-0.2, 0) is 9.59 Å². The highest BCUT2D eigenvalue weighted by atomic mass is 19.1. The number of carbonyl (C=O) groups is 3. The van der Waals surface area contributed by atoms with Gasteiger partial charge in [-0.3, -0.25) is 19.8 Å². The van der Waals surface area contributed by atoms with E-state index in [0.717, 1.165) is 4.90 Å². The fraction of sp³-hybridized carbons (Fsp3) is 0.0625. The lowest BCUT2D eigenvalue weighted by Crippen LogP contribution is -2.52. The maximum Gasteiger partial charge on any atom is 0.331 e. The maximum atomic E-state index is 12.9. The summed E-state index contributed by atoms with van der Waals surface area (Å²) in [4.78, 5) is 35.8. The lowest BCUT2D eigenvalue weighted by Gasteiger charge is -2.21. The van der Waals surface area contributed by atoms with Gasteiger partial charge in [0.15, 0.2) is 0 Å². The molecule has 1 fully saturated rings. The number of nitrogens with one attached hydrogen (secondary N) is 1. The van der Waals surface area contributed by atoms with Gasteiger partial charge in [0.05, 0.1) is 0 Å². The second-order valence-electron chi connectivity index (χ2n) is 4.89. The van der Waals surface area contributed by atoms with Crippen molar-refractivity contribution in [3.05, 3.63) is 53.5 Å². The molecule has 4 amide bonds. The van der Waals surface area contributed by atoms with E-state index >= 15 is 0 Å². The standard InChI is InChI=1S/C16H11FN2O4/c1-19-15(21)12(14(20)18-16(19)22)8-11-6-7-13(23-11)9-2-4-10(17)5-3-9/h2-8H,1H3,(H,18,20,22)/b12-8+. The normalized spacial score (nSPS) is 16.9. The highest BCUT2D eigenvalue weighted by Gasteiger charge is 2.33. The molecule has 1 N–H and O–H groups in total. The number of imide groups is 2. The van der Waals surface area contributed by atoms with Gasteiger partial charge in [-0.25, -0.2) is 9.18 Å².